The number of carboxylic acid groups (broad SMARTS) is 1. The molecule has 1 N–H and O–H groups in total. The second kappa shape index (κ2) is 19.6. The first kappa shape index (κ1) is 30.9. The standard InChI is InChI=1S/C16H36N.C10H10O2.ClH/c1-5-9-13-17(14-10-6-2,15-11-7-3)16-12-8-4;1-2-3-8-4-6-9(7-5-8)10(11)12;/h5-16H2,1-4H3;2-7H,1H3,(H,11,12);1H/q+1;;/p-1/b;3-2+;. The van der Waals surface area contributed by atoms with E-state index >= 15 is 0 Å². The van der Waals surface area contributed by atoms with E-state index in [4.69, 9.17) is 5.11 Å². The lowest BCUT2D eigenvalue weighted by Crippen LogP contribution is -3.00. The van der Waals surface area contributed by atoms with E-state index in [9.17, 15) is 4.79 Å². The van der Waals surface area contributed by atoms with Crippen LogP contribution in [0.2, 0.25) is 0 Å². The number of nitrogens with zero attached hydrogens (tertiary/aromatic N) is 1. The number of carboxylic acids is 1. The van der Waals surface area contributed by atoms with E-state index in [0.717, 1.165) is 5.56 Å². The average Bonchev–Trinajstić information content (AvgIpc) is 2.74. The molecule has 0 aliphatic carbocycles. The molecule has 0 aliphatic rings. The summed E-state index contributed by atoms with van der Waals surface area (Å²) in [5.74, 6) is -0.887. The lowest BCUT2D eigenvalue weighted by Gasteiger charge is -2.39. The first-order chi connectivity index (χ1) is 14.0. The van der Waals surface area contributed by atoms with Crippen LogP contribution in [0.4, 0.5) is 0 Å². The molecule has 0 atom stereocenters. The van der Waals surface area contributed by atoms with Gasteiger partial charge in [0, 0.05) is 0 Å². The number of hydrogen-bond acceptors (Lipinski definition) is 1. The smallest absolute Gasteiger partial charge is 0.335 e. The molecule has 0 bridgehead atoms. The van der Waals surface area contributed by atoms with Crippen molar-refractivity contribution < 1.29 is 26.8 Å². The maximum Gasteiger partial charge on any atom is 0.335 e. The Balaban J connectivity index is 0. The first-order valence-corrected chi connectivity index (χ1v) is 11.8. The van der Waals surface area contributed by atoms with Crippen molar-refractivity contribution in [1.29, 1.82) is 0 Å². The zero-order chi connectivity index (χ0) is 22.0. The van der Waals surface area contributed by atoms with Crippen molar-refractivity contribution >= 4 is 12.0 Å². The highest BCUT2D eigenvalue weighted by molar-refractivity contribution is 5.87. The van der Waals surface area contributed by atoms with Crippen molar-refractivity contribution in [2.45, 2.75) is 86.0 Å². The zero-order valence-electron chi connectivity index (χ0n) is 20.1. The van der Waals surface area contributed by atoms with Gasteiger partial charge in [0.15, 0.2) is 0 Å². The quantitative estimate of drug-likeness (QED) is 0.435. The van der Waals surface area contributed by atoms with Gasteiger partial charge in [-0.1, -0.05) is 77.7 Å². The molecular formula is C26H46ClNO2. The Morgan fingerprint density at radius 1 is 0.800 bits per heavy atom. The van der Waals surface area contributed by atoms with Crippen LogP contribution in [0.5, 0.6) is 0 Å². The largest absolute Gasteiger partial charge is 1.00 e. The predicted molar refractivity (Wildman–Crippen MR) is 127 cm³/mol. The van der Waals surface area contributed by atoms with Crippen molar-refractivity contribution in [2.24, 2.45) is 0 Å². The monoisotopic (exact) mass is 439 g/mol. The molecule has 0 aromatic heterocycles. The molecule has 0 fully saturated rings. The van der Waals surface area contributed by atoms with Crippen LogP contribution in [0.15, 0.2) is 30.3 Å². The Kier molecular flexibility index (Phi) is 20.2. The number of quaternary nitrogens is 1. The molecule has 174 valence electrons. The van der Waals surface area contributed by atoms with E-state index in [0.29, 0.717) is 5.56 Å². The van der Waals surface area contributed by atoms with E-state index in [1.807, 2.05) is 19.1 Å². The van der Waals surface area contributed by atoms with Gasteiger partial charge in [-0.25, -0.2) is 4.79 Å². The fourth-order valence-electron chi connectivity index (χ4n) is 3.57. The SMILES string of the molecule is C/C=C/c1ccc(C(=O)O)cc1.CCCC[N+](CCCC)(CCCC)CCCC.[Cl-]. The minimum Gasteiger partial charge on any atom is -1.00 e. The molecule has 0 saturated carbocycles. The Morgan fingerprint density at radius 3 is 1.43 bits per heavy atom. The summed E-state index contributed by atoms with van der Waals surface area (Å²) < 4.78 is 1.42. The Bertz CT molecular complexity index is 517. The molecule has 0 spiro atoms. The summed E-state index contributed by atoms with van der Waals surface area (Å²) in [6, 6.07) is 6.75. The topological polar surface area (TPSA) is 37.3 Å². The van der Waals surface area contributed by atoms with Crippen molar-refractivity contribution in [3.63, 3.8) is 0 Å². The van der Waals surface area contributed by atoms with Gasteiger partial charge in [0.2, 0.25) is 0 Å². The number of unbranched alkanes of at least 4 members (excludes halogenated alkanes) is 4. The minimum atomic E-state index is -0.887. The zero-order valence-corrected chi connectivity index (χ0v) is 20.9. The number of hydrogen-bond donors (Lipinski definition) is 1. The molecule has 0 amide bonds. The third-order valence-corrected chi connectivity index (χ3v) is 5.46. The molecule has 4 heteroatoms. The highest BCUT2D eigenvalue weighted by Crippen LogP contribution is 2.16. The van der Waals surface area contributed by atoms with Gasteiger partial charge in [0.25, 0.3) is 0 Å². The van der Waals surface area contributed by atoms with Gasteiger partial charge in [-0.15, -0.1) is 0 Å². The molecule has 0 aliphatic heterocycles. The molecule has 0 radical (unpaired) electrons. The van der Waals surface area contributed by atoms with Crippen LogP contribution in [0.25, 0.3) is 6.08 Å². The van der Waals surface area contributed by atoms with Crippen LogP contribution in [0.1, 0.15) is 102 Å². The molecule has 0 heterocycles. The van der Waals surface area contributed by atoms with E-state index in [2.05, 4.69) is 27.7 Å². The third kappa shape index (κ3) is 13.8. The van der Waals surface area contributed by atoms with Crippen molar-refractivity contribution in [3.05, 3.63) is 41.5 Å². The minimum absolute atomic E-state index is 0. The lowest BCUT2D eigenvalue weighted by atomic mass is 10.1. The summed E-state index contributed by atoms with van der Waals surface area (Å²) in [6.45, 7) is 16.9. The molecule has 0 unspecified atom stereocenters. The van der Waals surface area contributed by atoms with Gasteiger partial charge in [0.1, 0.15) is 0 Å². The number of rotatable bonds is 14. The summed E-state index contributed by atoms with van der Waals surface area (Å²) >= 11 is 0. The normalized spacial score (nSPS) is 11.0. The summed E-state index contributed by atoms with van der Waals surface area (Å²) in [5.41, 5.74) is 1.34. The Labute approximate surface area is 192 Å². The molecule has 1 aromatic rings. The lowest BCUT2D eigenvalue weighted by molar-refractivity contribution is -0.929. The van der Waals surface area contributed by atoms with Crippen LogP contribution >= 0.6 is 0 Å². The van der Waals surface area contributed by atoms with E-state index in [1.165, 1.54) is 82.0 Å². The summed E-state index contributed by atoms with van der Waals surface area (Å²) in [4.78, 5) is 10.5. The van der Waals surface area contributed by atoms with Gasteiger partial charge < -0.3 is 22.0 Å². The number of aromatic carboxylic acids is 1. The van der Waals surface area contributed by atoms with Gasteiger partial charge in [0.05, 0.1) is 31.7 Å². The average molecular weight is 440 g/mol. The predicted octanol–water partition coefficient (Wildman–Crippen LogP) is 4.43. The molecule has 3 nitrogen and oxygen atoms in total. The van der Waals surface area contributed by atoms with E-state index in [1.54, 1.807) is 24.3 Å². The number of benzene rings is 1. The van der Waals surface area contributed by atoms with Crippen LogP contribution in [-0.4, -0.2) is 41.7 Å². The van der Waals surface area contributed by atoms with Gasteiger partial charge >= 0.3 is 5.97 Å². The summed E-state index contributed by atoms with van der Waals surface area (Å²) in [5, 5.41) is 8.59. The van der Waals surface area contributed by atoms with E-state index < -0.39 is 5.97 Å². The van der Waals surface area contributed by atoms with Crippen LogP contribution in [0.3, 0.4) is 0 Å². The molecule has 1 rings (SSSR count). The summed E-state index contributed by atoms with van der Waals surface area (Å²) in [7, 11) is 0. The fourth-order valence-corrected chi connectivity index (χ4v) is 3.57. The number of carbonyl (C=O) groups is 1. The number of allylic oxidation sites excluding steroid dienone is 1. The van der Waals surface area contributed by atoms with Gasteiger partial charge in [-0.05, 0) is 50.3 Å². The van der Waals surface area contributed by atoms with E-state index in [-0.39, 0.29) is 12.4 Å². The van der Waals surface area contributed by atoms with Crippen molar-refractivity contribution in [1.82, 2.24) is 0 Å². The second-order valence-corrected chi connectivity index (χ2v) is 8.08. The molecule has 30 heavy (non-hydrogen) atoms. The van der Waals surface area contributed by atoms with Gasteiger partial charge in [-0.3, -0.25) is 0 Å². The Morgan fingerprint density at radius 2 is 1.17 bits per heavy atom. The highest BCUT2D eigenvalue weighted by Gasteiger charge is 2.24. The molecule has 1 aromatic carbocycles. The highest BCUT2D eigenvalue weighted by atomic mass is 35.5. The van der Waals surface area contributed by atoms with Crippen molar-refractivity contribution in [3.8, 4) is 0 Å². The van der Waals surface area contributed by atoms with Crippen LogP contribution < -0.4 is 12.4 Å². The Hall–Kier alpha value is -1.32. The maximum absolute atomic E-state index is 10.5. The van der Waals surface area contributed by atoms with Crippen molar-refractivity contribution in [2.75, 3.05) is 26.2 Å². The third-order valence-electron chi connectivity index (χ3n) is 5.46. The molecule has 0 saturated heterocycles. The van der Waals surface area contributed by atoms with Crippen LogP contribution in [-0.2, 0) is 0 Å². The summed E-state index contributed by atoms with van der Waals surface area (Å²) in [6.07, 6.45) is 14.9. The second-order valence-electron chi connectivity index (χ2n) is 8.08. The first-order valence-electron chi connectivity index (χ1n) is 11.8. The van der Waals surface area contributed by atoms with Crippen LogP contribution in [0, 0.1) is 0 Å². The van der Waals surface area contributed by atoms with Gasteiger partial charge in [-0.2, -0.15) is 0 Å². The number of halogens is 1. The fraction of sp³-hybridized carbons (Fsp3) is 0.654. The molecular weight excluding hydrogens is 394 g/mol. The maximum atomic E-state index is 10.5.